The number of pyridine rings is 1. The van der Waals surface area contributed by atoms with Crippen LogP contribution in [0.25, 0.3) is 11.3 Å². The van der Waals surface area contributed by atoms with Crippen molar-refractivity contribution in [1.29, 1.82) is 5.26 Å². The molecule has 0 N–H and O–H groups in total. The van der Waals surface area contributed by atoms with Crippen LogP contribution >= 0.6 is 0 Å². The number of halogens is 1. The number of anilines is 2. The van der Waals surface area contributed by atoms with E-state index in [2.05, 4.69) is 35.0 Å². The van der Waals surface area contributed by atoms with E-state index in [1.54, 1.807) is 23.1 Å². The van der Waals surface area contributed by atoms with Crippen LogP contribution in [-0.4, -0.2) is 101 Å². The standard InChI is InChI=1S/C54H54FN7O6/c1-35-24-37-10-8-9-11-40(37)34-61(35)53(64)48-27-42-33-60(51(63)28-39-14-15-45(29-49(39)55)68-23-20-59-18-21-67-22-19-59)17-16-38(42)26-47(48)50-30-46(36(2)58(50)3)54(65)62(43-12-6-5-7-13-43)44-25-41(31-56)52(66-4)57-32-44/h5-15,25-27,29-30,32,35H,16-24,28,33-34H2,1-4H3/t35-/m1/s1. The molecule has 68 heavy (non-hydrogen) atoms. The van der Waals surface area contributed by atoms with E-state index in [1.807, 2.05) is 84.1 Å². The molecule has 0 bridgehead atoms. The molecule has 0 unspecified atom stereocenters. The minimum atomic E-state index is -0.496. The molecule has 1 atom stereocenters. The highest BCUT2D eigenvalue weighted by atomic mass is 19.1. The van der Waals surface area contributed by atoms with Gasteiger partial charge in [-0.1, -0.05) is 48.5 Å². The summed E-state index contributed by atoms with van der Waals surface area (Å²) in [5.41, 5.74) is 8.40. The predicted molar refractivity (Wildman–Crippen MR) is 255 cm³/mol. The van der Waals surface area contributed by atoms with Crippen LogP contribution in [0.4, 0.5) is 15.8 Å². The lowest BCUT2D eigenvalue weighted by Gasteiger charge is -2.36. The second kappa shape index (κ2) is 19.9. The molecule has 14 heteroatoms. The summed E-state index contributed by atoms with van der Waals surface area (Å²) in [6.07, 6.45) is 2.60. The summed E-state index contributed by atoms with van der Waals surface area (Å²) >= 11 is 0. The number of hydrogen-bond acceptors (Lipinski definition) is 9. The molecular formula is C54H54FN7O6. The monoisotopic (exact) mass is 915 g/mol. The van der Waals surface area contributed by atoms with Gasteiger partial charge in [0.1, 0.15) is 29.8 Å². The van der Waals surface area contributed by atoms with Gasteiger partial charge in [-0.15, -0.1) is 0 Å². The Morgan fingerprint density at radius 3 is 2.40 bits per heavy atom. The molecule has 2 aromatic heterocycles. The summed E-state index contributed by atoms with van der Waals surface area (Å²) in [4.78, 5) is 55.8. The molecule has 3 amide bonds. The van der Waals surface area contributed by atoms with E-state index in [9.17, 15) is 14.9 Å². The molecule has 3 aliphatic heterocycles. The lowest BCUT2D eigenvalue weighted by atomic mass is 9.89. The Morgan fingerprint density at radius 1 is 0.882 bits per heavy atom. The average Bonchev–Trinajstić information content (AvgIpc) is 3.66. The lowest BCUT2D eigenvalue weighted by molar-refractivity contribution is -0.131. The molecular weight excluding hydrogens is 862 g/mol. The van der Waals surface area contributed by atoms with E-state index in [-0.39, 0.29) is 53.7 Å². The fourth-order valence-electron chi connectivity index (χ4n) is 9.53. The highest BCUT2D eigenvalue weighted by Gasteiger charge is 2.33. The second-order valence-electron chi connectivity index (χ2n) is 17.6. The van der Waals surface area contributed by atoms with E-state index in [4.69, 9.17) is 14.2 Å². The van der Waals surface area contributed by atoms with Crippen LogP contribution in [0.2, 0.25) is 0 Å². The van der Waals surface area contributed by atoms with Crippen LogP contribution < -0.4 is 14.4 Å². The molecule has 9 rings (SSSR count). The van der Waals surface area contributed by atoms with E-state index >= 15 is 9.18 Å². The number of amides is 3. The summed E-state index contributed by atoms with van der Waals surface area (Å²) in [6, 6.07) is 31.4. The SMILES string of the molecule is COc1ncc(N(C(=O)c2cc(-c3cc4c(cc3C(=O)N3Cc5ccccc5C[C@H]3C)CN(C(=O)Cc3ccc(OCCN5CCOCC5)cc3F)CC4)n(C)c2C)c2ccccc2)cc1C#N. The number of aromatic nitrogens is 2. The van der Waals surface area contributed by atoms with Gasteiger partial charge >= 0.3 is 0 Å². The zero-order valence-electron chi connectivity index (χ0n) is 38.8. The first kappa shape index (κ1) is 45.8. The largest absolute Gasteiger partial charge is 0.492 e. The molecule has 348 valence electrons. The maximum absolute atomic E-state index is 15.5. The maximum Gasteiger partial charge on any atom is 0.264 e. The van der Waals surface area contributed by atoms with Crippen molar-refractivity contribution in [2.24, 2.45) is 7.05 Å². The van der Waals surface area contributed by atoms with Gasteiger partial charge in [-0.25, -0.2) is 9.37 Å². The molecule has 0 radical (unpaired) electrons. The van der Waals surface area contributed by atoms with Crippen molar-refractivity contribution in [3.8, 4) is 29.0 Å². The molecule has 0 aliphatic carbocycles. The second-order valence-corrected chi connectivity index (χ2v) is 17.6. The molecule has 0 spiro atoms. The third-order valence-electron chi connectivity index (χ3n) is 13.5. The normalized spacial score (nSPS) is 15.8. The lowest BCUT2D eigenvalue weighted by Crippen LogP contribution is -2.43. The highest BCUT2D eigenvalue weighted by Crippen LogP contribution is 2.37. The minimum absolute atomic E-state index is 0.0982. The number of fused-ring (bicyclic) bond motifs is 2. The average molecular weight is 916 g/mol. The van der Waals surface area contributed by atoms with Crippen molar-refractivity contribution >= 4 is 29.1 Å². The first-order valence-corrected chi connectivity index (χ1v) is 23.0. The molecule has 6 aromatic rings. The molecule has 1 fully saturated rings. The summed E-state index contributed by atoms with van der Waals surface area (Å²) < 4.78 is 34.0. The van der Waals surface area contributed by atoms with Gasteiger partial charge in [0.2, 0.25) is 11.8 Å². The Kier molecular flexibility index (Phi) is 13.4. The Bertz CT molecular complexity index is 2920. The maximum atomic E-state index is 15.5. The number of methoxy groups -OCH3 is 1. The van der Waals surface area contributed by atoms with Gasteiger partial charge in [-0.3, -0.25) is 24.2 Å². The van der Waals surface area contributed by atoms with Crippen molar-refractivity contribution in [3.05, 3.63) is 159 Å². The first-order valence-electron chi connectivity index (χ1n) is 23.0. The van der Waals surface area contributed by atoms with E-state index in [0.29, 0.717) is 91.0 Å². The predicted octanol–water partition coefficient (Wildman–Crippen LogP) is 7.82. The van der Waals surface area contributed by atoms with Crippen LogP contribution in [0.1, 0.15) is 66.7 Å². The van der Waals surface area contributed by atoms with Crippen LogP contribution in [0, 0.1) is 24.1 Å². The molecule has 1 saturated heterocycles. The van der Waals surface area contributed by atoms with Gasteiger partial charge in [-0.2, -0.15) is 5.26 Å². The van der Waals surface area contributed by atoms with Gasteiger partial charge in [-0.05, 0) is 97.0 Å². The Balaban J connectivity index is 1.03. The zero-order valence-corrected chi connectivity index (χ0v) is 38.8. The Morgan fingerprint density at radius 2 is 1.65 bits per heavy atom. The van der Waals surface area contributed by atoms with Crippen molar-refractivity contribution in [2.45, 2.75) is 52.2 Å². The summed E-state index contributed by atoms with van der Waals surface area (Å²) in [6.45, 7) is 9.23. The van der Waals surface area contributed by atoms with Crippen molar-refractivity contribution in [3.63, 3.8) is 0 Å². The minimum Gasteiger partial charge on any atom is -0.492 e. The van der Waals surface area contributed by atoms with Gasteiger partial charge in [0, 0.05) is 86.6 Å². The number of rotatable bonds is 12. The number of nitrogens with zero attached hydrogens (tertiary/aromatic N) is 7. The van der Waals surface area contributed by atoms with Gasteiger partial charge in [0.05, 0.1) is 44.2 Å². The summed E-state index contributed by atoms with van der Waals surface area (Å²) in [5, 5.41) is 9.93. The van der Waals surface area contributed by atoms with Gasteiger partial charge in [0.15, 0.2) is 0 Å². The number of morpholine rings is 1. The fraction of sp³-hybridized carbons (Fsp3) is 0.315. The number of para-hydroxylation sites is 1. The van der Waals surface area contributed by atoms with Crippen molar-refractivity contribution in [1.82, 2.24) is 24.3 Å². The number of ether oxygens (including phenoxy) is 3. The zero-order chi connectivity index (χ0) is 47.5. The van der Waals surface area contributed by atoms with Crippen LogP contribution in [0.15, 0.2) is 103 Å². The van der Waals surface area contributed by atoms with E-state index in [0.717, 1.165) is 36.3 Å². The fourth-order valence-corrected chi connectivity index (χ4v) is 9.53. The smallest absolute Gasteiger partial charge is 0.264 e. The number of benzene rings is 4. The number of carbonyl (C=O) groups is 3. The quantitative estimate of drug-likeness (QED) is 0.121. The van der Waals surface area contributed by atoms with E-state index in [1.165, 1.54) is 29.8 Å². The summed E-state index contributed by atoms with van der Waals surface area (Å²) in [7, 11) is 3.32. The van der Waals surface area contributed by atoms with Crippen LogP contribution in [0.5, 0.6) is 11.6 Å². The molecule has 0 saturated carbocycles. The van der Waals surface area contributed by atoms with Crippen LogP contribution in [-0.2, 0) is 48.9 Å². The number of hydrogen-bond donors (Lipinski definition) is 0. The molecule has 5 heterocycles. The van der Waals surface area contributed by atoms with E-state index < -0.39 is 5.82 Å². The Labute approximate surface area is 395 Å². The van der Waals surface area contributed by atoms with Gasteiger partial charge in [0.25, 0.3) is 11.8 Å². The van der Waals surface area contributed by atoms with Crippen molar-refractivity contribution in [2.75, 3.05) is 58.0 Å². The summed E-state index contributed by atoms with van der Waals surface area (Å²) in [5.74, 6) is -0.653. The van der Waals surface area contributed by atoms with Crippen LogP contribution in [0.3, 0.4) is 0 Å². The third-order valence-corrected chi connectivity index (χ3v) is 13.5. The number of nitriles is 1. The highest BCUT2D eigenvalue weighted by molar-refractivity contribution is 6.12. The third kappa shape index (κ3) is 9.32. The first-order chi connectivity index (χ1) is 33.0. The topological polar surface area (TPSA) is 133 Å². The van der Waals surface area contributed by atoms with Gasteiger partial charge < -0.3 is 28.6 Å². The molecule has 3 aliphatic rings. The number of carbonyl (C=O) groups excluding carboxylic acids is 3. The molecule has 4 aromatic carbocycles. The van der Waals surface area contributed by atoms with Crippen molar-refractivity contribution < 1.29 is 33.0 Å². The Hall–Kier alpha value is -7.34. The molecule has 13 nitrogen and oxygen atoms in total.